The molecule has 2 aromatic carbocycles. The molecule has 0 spiro atoms. The van der Waals surface area contributed by atoms with Crippen LogP contribution < -0.4 is 24.8 Å². The lowest BCUT2D eigenvalue weighted by molar-refractivity contribution is -0.119. The number of aryl methyl sites for hydroxylation is 1. The molecule has 0 aromatic heterocycles. The van der Waals surface area contributed by atoms with E-state index in [1.807, 2.05) is 49.4 Å². The Kier molecular flexibility index (Phi) is 8.70. The van der Waals surface area contributed by atoms with E-state index in [4.69, 9.17) is 18.9 Å². The highest BCUT2D eigenvalue weighted by atomic mass is 16.5. The summed E-state index contributed by atoms with van der Waals surface area (Å²) in [5, 5.41) is 5.83. The van der Waals surface area contributed by atoms with Crippen LogP contribution in [0.25, 0.3) is 12.2 Å². The summed E-state index contributed by atoms with van der Waals surface area (Å²) in [6, 6.07) is 9.07. The number of anilines is 1. The molecule has 162 valence electrons. The summed E-state index contributed by atoms with van der Waals surface area (Å²) in [6.07, 6.45) is 3.93. The van der Waals surface area contributed by atoms with E-state index in [0.29, 0.717) is 17.2 Å². The topological polar surface area (TPSA) is 78.1 Å². The molecule has 0 fully saturated rings. The Morgan fingerprint density at radius 2 is 1.67 bits per heavy atom. The third-order valence-electron chi connectivity index (χ3n) is 4.63. The highest BCUT2D eigenvalue weighted by Gasteiger charge is 2.18. The highest BCUT2D eigenvalue weighted by Crippen LogP contribution is 2.33. The molecular formula is C23H30N2O5. The van der Waals surface area contributed by atoms with Crippen molar-refractivity contribution in [3.05, 3.63) is 47.0 Å². The summed E-state index contributed by atoms with van der Waals surface area (Å²) in [7, 11) is 8.08. The summed E-state index contributed by atoms with van der Waals surface area (Å²) in [5.41, 5.74) is 3.45. The number of likely N-dealkylation sites (N-methyl/N-ethyl adjacent to an activating group) is 1. The molecule has 0 saturated carbocycles. The van der Waals surface area contributed by atoms with Gasteiger partial charge in [-0.05, 0) is 54.9 Å². The quantitative estimate of drug-likeness (QED) is 0.581. The van der Waals surface area contributed by atoms with Crippen LogP contribution in [-0.2, 0) is 9.53 Å². The average Bonchev–Trinajstić information content (AvgIpc) is 2.75. The Hall–Kier alpha value is -3.03. The van der Waals surface area contributed by atoms with Crippen molar-refractivity contribution < 1.29 is 23.7 Å². The SMILES string of the molecule is CN[C@@H](COC)C(=O)Nc1cc(C=Cc2cc(C)c(OC)c(OC)c2)ccc1OC. The third-order valence-corrected chi connectivity index (χ3v) is 4.63. The minimum absolute atomic E-state index is 0.200. The van der Waals surface area contributed by atoms with E-state index in [9.17, 15) is 4.79 Å². The average molecular weight is 415 g/mol. The molecule has 30 heavy (non-hydrogen) atoms. The van der Waals surface area contributed by atoms with Crippen LogP contribution in [0.1, 0.15) is 16.7 Å². The summed E-state index contributed by atoms with van der Waals surface area (Å²) in [5.74, 6) is 1.78. The molecule has 0 saturated heterocycles. The van der Waals surface area contributed by atoms with Crippen LogP contribution in [0, 0.1) is 6.92 Å². The van der Waals surface area contributed by atoms with Crippen molar-refractivity contribution in [3.63, 3.8) is 0 Å². The van der Waals surface area contributed by atoms with Crippen molar-refractivity contribution in [2.45, 2.75) is 13.0 Å². The molecule has 7 nitrogen and oxygen atoms in total. The number of carbonyl (C=O) groups is 1. The number of ether oxygens (including phenoxy) is 4. The van der Waals surface area contributed by atoms with Gasteiger partial charge >= 0.3 is 0 Å². The van der Waals surface area contributed by atoms with E-state index >= 15 is 0 Å². The number of benzene rings is 2. The first-order valence-electron chi connectivity index (χ1n) is 9.53. The zero-order chi connectivity index (χ0) is 22.1. The molecule has 0 heterocycles. The molecule has 0 bridgehead atoms. The lowest BCUT2D eigenvalue weighted by Crippen LogP contribution is -2.41. The Balaban J connectivity index is 2.28. The lowest BCUT2D eigenvalue weighted by Gasteiger charge is -2.17. The first-order chi connectivity index (χ1) is 14.5. The van der Waals surface area contributed by atoms with Gasteiger partial charge in [-0.25, -0.2) is 0 Å². The predicted octanol–water partition coefficient (Wildman–Crippen LogP) is 3.36. The van der Waals surface area contributed by atoms with Crippen molar-refractivity contribution in [3.8, 4) is 17.2 Å². The van der Waals surface area contributed by atoms with E-state index in [-0.39, 0.29) is 12.5 Å². The van der Waals surface area contributed by atoms with Gasteiger partial charge in [-0.3, -0.25) is 4.79 Å². The van der Waals surface area contributed by atoms with E-state index in [1.54, 1.807) is 35.5 Å². The van der Waals surface area contributed by atoms with Crippen LogP contribution >= 0.6 is 0 Å². The second-order valence-electron chi connectivity index (χ2n) is 6.65. The van der Waals surface area contributed by atoms with Crippen LogP contribution in [0.3, 0.4) is 0 Å². The van der Waals surface area contributed by atoms with Crippen molar-refractivity contribution in [1.29, 1.82) is 0 Å². The molecule has 0 unspecified atom stereocenters. The van der Waals surface area contributed by atoms with Gasteiger partial charge in [-0.15, -0.1) is 0 Å². The number of carbonyl (C=O) groups excluding carboxylic acids is 1. The molecule has 0 aliphatic carbocycles. The molecule has 0 aliphatic heterocycles. The summed E-state index contributed by atoms with van der Waals surface area (Å²) in [6.45, 7) is 2.24. The number of hydrogen-bond acceptors (Lipinski definition) is 6. The van der Waals surface area contributed by atoms with Gasteiger partial charge in [0.15, 0.2) is 11.5 Å². The highest BCUT2D eigenvalue weighted by molar-refractivity contribution is 5.96. The summed E-state index contributed by atoms with van der Waals surface area (Å²) < 4.78 is 21.3. The zero-order valence-corrected chi connectivity index (χ0v) is 18.4. The van der Waals surface area contributed by atoms with Gasteiger partial charge in [0.25, 0.3) is 0 Å². The Bertz CT molecular complexity index is 895. The Labute approximate surface area is 178 Å². The largest absolute Gasteiger partial charge is 0.495 e. The molecule has 2 aromatic rings. The molecule has 0 aliphatic rings. The van der Waals surface area contributed by atoms with Crippen LogP contribution in [0.5, 0.6) is 17.2 Å². The van der Waals surface area contributed by atoms with Crippen LogP contribution in [-0.4, -0.2) is 54.0 Å². The molecule has 2 N–H and O–H groups in total. The van der Waals surface area contributed by atoms with Crippen molar-refractivity contribution in [2.75, 3.05) is 47.4 Å². The molecule has 2 rings (SSSR count). The van der Waals surface area contributed by atoms with Gasteiger partial charge in [-0.2, -0.15) is 0 Å². The van der Waals surface area contributed by atoms with Crippen molar-refractivity contribution in [1.82, 2.24) is 5.32 Å². The van der Waals surface area contributed by atoms with Gasteiger partial charge in [0.1, 0.15) is 11.8 Å². The van der Waals surface area contributed by atoms with Gasteiger partial charge in [0.2, 0.25) is 5.91 Å². The molecular weight excluding hydrogens is 384 g/mol. The fourth-order valence-corrected chi connectivity index (χ4v) is 3.07. The molecule has 1 amide bonds. The first-order valence-corrected chi connectivity index (χ1v) is 9.53. The predicted molar refractivity (Wildman–Crippen MR) is 120 cm³/mol. The van der Waals surface area contributed by atoms with Crippen LogP contribution in [0.2, 0.25) is 0 Å². The molecule has 0 radical (unpaired) electrons. The standard InChI is InChI=1S/C23H30N2O5/c1-15-11-17(13-21(29-5)22(15)30-6)8-7-16-9-10-20(28-4)18(12-16)25-23(26)19(24-2)14-27-3/h7-13,19,24H,14H2,1-6H3,(H,25,26)/t19-/m0/s1. The van der Waals surface area contributed by atoms with Gasteiger partial charge in [0.05, 0.1) is 33.6 Å². The number of nitrogens with one attached hydrogen (secondary N) is 2. The second-order valence-corrected chi connectivity index (χ2v) is 6.65. The minimum Gasteiger partial charge on any atom is -0.495 e. The zero-order valence-electron chi connectivity index (χ0n) is 18.4. The van der Waals surface area contributed by atoms with E-state index in [1.165, 1.54) is 0 Å². The number of methoxy groups -OCH3 is 4. The van der Waals surface area contributed by atoms with E-state index < -0.39 is 6.04 Å². The summed E-state index contributed by atoms with van der Waals surface area (Å²) in [4.78, 5) is 12.5. The van der Waals surface area contributed by atoms with Gasteiger partial charge < -0.3 is 29.6 Å². The fraction of sp³-hybridized carbons (Fsp3) is 0.348. The third kappa shape index (κ3) is 5.75. The monoisotopic (exact) mass is 414 g/mol. The molecule has 7 heteroatoms. The maximum Gasteiger partial charge on any atom is 0.243 e. The fourth-order valence-electron chi connectivity index (χ4n) is 3.07. The maximum absolute atomic E-state index is 12.5. The number of rotatable bonds is 10. The normalized spacial score (nSPS) is 11.9. The van der Waals surface area contributed by atoms with Crippen LogP contribution in [0.4, 0.5) is 5.69 Å². The van der Waals surface area contributed by atoms with Crippen LogP contribution in [0.15, 0.2) is 30.3 Å². The Morgan fingerprint density at radius 3 is 2.27 bits per heavy atom. The second kappa shape index (κ2) is 11.2. The summed E-state index contributed by atoms with van der Waals surface area (Å²) >= 11 is 0. The number of amides is 1. The number of hydrogen-bond donors (Lipinski definition) is 2. The van der Waals surface area contributed by atoms with E-state index in [0.717, 1.165) is 22.4 Å². The minimum atomic E-state index is -0.464. The van der Waals surface area contributed by atoms with Crippen molar-refractivity contribution in [2.24, 2.45) is 0 Å². The van der Waals surface area contributed by atoms with Gasteiger partial charge in [0, 0.05) is 7.11 Å². The smallest absolute Gasteiger partial charge is 0.243 e. The maximum atomic E-state index is 12.5. The Morgan fingerprint density at radius 1 is 0.967 bits per heavy atom. The van der Waals surface area contributed by atoms with Gasteiger partial charge in [-0.1, -0.05) is 18.2 Å². The van der Waals surface area contributed by atoms with Crippen molar-refractivity contribution >= 4 is 23.7 Å². The van der Waals surface area contributed by atoms with E-state index in [2.05, 4.69) is 10.6 Å². The molecule has 1 atom stereocenters. The lowest BCUT2D eigenvalue weighted by atomic mass is 10.1. The first kappa shape index (κ1) is 23.3.